The Morgan fingerprint density at radius 1 is 0.909 bits per heavy atom. The summed E-state index contributed by atoms with van der Waals surface area (Å²) in [6.07, 6.45) is 1.32. The number of amides is 1. The summed E-state index contributed by atoms with van der Waals surface area (Å²) >= 11 is 0. The highest BCUT2D eigenvalue weighted by Crippen LogP contribution is 2.29. The number of nitro benzene ring substituents is 1. The first kappa shape index (κ1) is 22.9. The van der Waals surface area contributed by atoms with Crippen molar-refractivity contribution in [2.24, 2.45) is 5.10 Å². The lowest BCUT2D eigenvalue weighted by Crippen LogP contribution is -2.18. The fourth-order valence-corrected chi connectivity index (χ4v) is 2.87. The molecule has 0 aliphatic rings. The Kier molecular flexibility index (Phi) is 7.32. The summed E-state index contributed by atoms with van der Waals surface area (Å²) in [5, 5.41) is 14.9. The largest absolute Gasteiger partial charge is 0.496 e. The van der Waals surface area contributed by atoms with Crippen LogP contribution in [0.5, 0.6) is 17.2 Å². The van der Waals surface area contributed by atoms with Gasteiger partial charge in [-0.25, -0.2) is 10.2 Å². The maximum Gasteiger partial charge on any atom is 0.347 e. The Bertz CT molecular complexity index is 1220. The molecule has 0 heterocycles. The van der Waals surface area contributed by atoms with Crippen LogP contribution in [-0.4, -0.2) is 37.2 Å². The molecule has 3 aromatic rings. The number of ether oxygens (including phenoxy) is 3. The molecule has 0 bridgehead atoms. The number of benzene rings is 3. The van der Waals surface area contributed by atoms with E-state index in [-0.39, 0.29) is 28.3 Å². The number of para-hydroxylation sites is 2. The molecule has 1 N–H and O–H groups in total. The first-order valence-electron chi connectivity index (χ1n) is 9.54. The van der Waals surface area contributed by atoms with E-state index in [9.17, 15) is 19.7 Å². The summed E-state index contributed by atoms with van der Waals surface area (Å²) < 4.78 is 15.9. The highest BCUT2D eigenvalue weighted by Gasteiger charge is 2.19. The lowest BCUT2D eigenvalue weighted by atomic mass is 10.2. The van der Waals surface area contributed by atoms with Crippen LogP contribution in [0.4, 0.5) is 5.69 Å². The van der Waals surface area contributed by atoms with Gasteiger partial charge in [0, 0.05) is 6.07 Å². The zero-order valence-corrected chi connectivity index (χ0v) is 17.7. The third-order valence-corrected chi connectivity index (χ3v) is 4.44. The fraction of sp³-hybridized carbons (Fsp3) is 0.0870. The van der Waals surface area contributed by atoms with Crippen molar-refractivity contribution in [3.8, 4) is 17.2 Å². The minimum absolute atomic E-state index is 0.115. The molecule has 0 unspecified atom stereocenters. The van der Waals surface area contributed by atoms with E-state index >= 15 is 0 Å². The van der Waals surface area contributed by atoms with Crippen LogP contribution in [0.25, 0.3) is 0 Å². The predicted molar refractivity (Wildman–Crippen MR) is 119 cm³/mol. The van der Waals surface area contributed by atoms with Crippen LogP contribution in [-0.2, 0) is 0 Å². The Hall–Kier alpha value is -4.73. The van der Waals surface area contributed by atoms with Crippen LogP contribution in [0.3, 0.4) is 0 Å². The summed E-state index contributed by atoms with van der Waals surface area (Å²) in [5.74, 6) is -0.543. The van der Waals surface area contributed by atoms with E-state index in [1.165, 1.54) is 50.8 Å². The molecule has 0 atom stereocenters. The molecule has 0 spiro atoms. The fourth-order valence-electron chi connectivity index (χ4n) is 2.87. The van der Waals surface area contributed by atoms with Gasteiger partial charge in [-0.1, -0.05) is 24.3 Å². The second kappa shape index (κ2) is 10.5. The molecule has 3 aromatic carbocycles. The zero-order valence-electron chi connectivity index (χ0n) is 17.7. The molecular formula is C23H19N3O7. The van der Waals surface area contributed by atoms with Crippen molar-refractivity contribution < 1.29 is 28.7 Å². The van der Waals surface area contributed by atoms with E-state index in [2.05, 4.69) is 10.5 Å². The van der Waals surface area contributed by atoms with Crippen LogP contribution in [0.15, 0.2) is 71.8 Å². The number of nitro groups is 1. The molecule has 10 heteroatoms. The van der Waals surface area contributed by atoms with Crippen LogP contribution in [0.1, 0.15) is 26.3 Å². The van der Waals surface area contributed by atoms with Crippen molar-refractivity contribution >= 4 is 23.8 Å². The van der Waals surface area contributed by atoms with Crippen LogP contribution in [0, 0.1) is 10.1 Å². The van der Waals surface area contributed by atoms with Crippen LogP contribution < -0.4 is 19.6 Å². The minimum atomic E-state index is -0.729. The average molecular weight is 449 g/mol. The second-order valence-electron chi connectivity index (χ2n) is 6.47. The number of nitrogens with zero attached hydrogens (tertiary/aromatic N) is 2. The van der Waals surface area contributed by atoms with Crippen molar-refractivity contribution in [1.29, 1.82) is 0 Å². The topological polar surface area (TPSA) is 129 Å². The number of carbonyl (C=O) groups is 2. The SMILES string of the molecule is COc1cc(C=NNC(=O)c2ccccc2[N+](=O)[O-])ccc1OC(=O)c1ccccc1OC. The quantitative estimate of drug-likeness (QED) is 0.183. The number of hydrogen-bond acceptors (Lipinski definition) is 8. The first-order valence-corrected chi connectivity index (χ1v) is 9.54. The Labute approximate surface area is 188 Å². The molecule has 3 rings (SSSR count). The van der Waals surface area contributed by atoms with Gasteiger partial charge in [-0.3, -0.25) is 14.9 Å². The van der Waals surface area contributed by atoms with E-state index in [4.69, 9.17) is 14.2 Å². The molecule has 0 aromatic heterocycles. The number of methoxy groups -OCH3 is 2. The Morgan fingerprint density at radius 3 is 2.27 bits per heavy atom. The van der Waals surface area contributed by atoms with Gasteiger partial charge in [0.1, 0.15) is 16.9 Å². The number of rotatable bonds is 8. The summed E-state index contributed by atoms with van der Waals surface area (Å²) in [4.78, 5) is 35.2. The van der Waals surface area contributed by atoms with Gasteiger partial charge >= 0.3 is 5.97 Å². The molecular weight excluding hydrogens is 430 g/mol. The molecule has 33 heavy (non-hydrogen) atoms. The van der Waals surface area contributed by atoms with Gasteiger partial charge in [-0.15, -0.1) is 0 Å². The van der Waals surface area contributed by atoms with Gasteiger partial charge in [0.25, 0.3) is 11.6 Å². The van der Waals surface area contributed by atoms with Gasteiger partial charge in [0.15, 0.2) is 11.5 Å². The minimum Gasteiger partial charge on any atom is -0.496 e. The number of carbonyl (C=O) groups excluding carboxylic acids is 2. The predicted octanol–water partition coefficient (Wildman–Crippen LogP) is 3.60. The molecule has 10 nitrogen and oxygen atoms in total. The normalized spacial score (nSPS) is 10.5. The second-order valence-corrected chi connectivity index (χ2v) is 6.47. The van der Waals surface area contributed by atoms with E-state index in [1.54, 1.807) is 36.4 Å². The number of esters is 1. The maximum absolute atomic E-state index is 12.5. The standard InChI is InChI=1S/C23H19N3O7/c1-31-19-10-6-4-8-17(19)23(28)33-20-12-11-15(13-21(20)32-2)14-24-25-22(27)16-7-3-5-9-18(16)26(29)30/h3-14H,1-2H3,(H,25,27). The molecule has 168 valence electrons. The Balaban J connectivity index is 1.72. The average Bonchev–Trinajstić information content (AvgIpc) is 2.84. The first-order chi connectivity index (χ1) is 15.9. The van der Waals surface area contributed by atoms with E-state index in [1.807, 2.05) is 0 Å². The smallest absolute Gasteiger partial charge is 0.347 e. The molecule has 1 amide bonds. The molecule has 0 fully saturated rings. The molecule has 0 aliphatic heterocycles. The van der Waals surface area contributed by atoms with Crippen molar-refractivity contribution in [2.45, 2.75) is 0 Å². The van der Waals surface area contributed by atoms with E-state index < -0.39 is 16.8 Å². The van der Waals surface area contributed by atoms with Crippen molar-refractivity contribution in [3.05, 3.63) is 93.5 Å². The number of hydrazone groups is 1. The van der Waals surface area contributed by atoms with Crippen molar-refractivity contribution in [1.82, 2.24) is 5.43 Å². The number of nitrogens with one attached hydrogen (secondary N) is 1. The molecule has 0 radical (unpaired) electrons. The van der Waals surface area contributed by atoms with Gasteiger partial charge < -0.3 is 14.2 Å². The third kappa shape index (κ3) is 5.50. The monoisotopic (exact) mass is 449 g/mol. The number of hydrogen-bond donors (Lipinski definition) is 1. The highest BCUT2D eigenvalue weighted by molar-refractivity contribution is 5.98. The Morgan fingerprint density at radius 2 is 1.58 bits per heavy atom. The summed E-state index contributed by atoms with van der Waals surface area (Å²) in [6.45, 7) is 0. The van der Waals surface area contributed by atoms with E-state index in [0.717, 1.165) is 0 Å². The summed E-state index contributed by atoms with van der Waals surface area (Å²) in [7, 11) is 2.86. The van der Waals surface area contributed by atoms with Gasteiger partial charge in [-0.05, 0) is 42.0 Å². The van der Waals surface area contributed by atoms with E-state index in [0.29, 0.717) is 11.3 Å². The summed E-state index contributed by atoms with van der Waals surface area (Å²) in [5.41, 5.74) is 2.58. The zero-order chi connectivity index (χ0) is 23.8. The molecule has 0 saturated carbocycles. The van der Waals surface area contributed by atoms with Gasteiger partial charge in [0.2, 0.25) is 0 Å². The van der Waals surface area contributed by atoms with Crippen molar-refractivity contribution in [3.63, 3.8) is 0 Å². The van der Waals surface area contributed by atoms with Crippen molar-refractivity contribution in [2.75, 3.05) is 14.2 Å². The maximum atomic E-state index is 12.5. The summed E-state index contributed by atoms with van der Waals surface area (Å²) in [6, 6.07) is 16.8. The van der Waals surface area contributed by atoms with Crippen LogP contribution in [0.2, 0.25) is 0 Å². The van der Waals surface area contributed by atoms with Gasteiger partial charge in [0.05, 0.1) is 25.4 Å². The molecule has 0 saturated heterocycles. The third-order valence-electron chi connectivity index (χ3n) is 4.44. The van der Waals surface area contributed by atoms with Crippen LogP contribution >= 0.6 is 0 Å². The molecule has 0 aliphatic carbocycles. The lowest BCUT2D eigenvalue weighted by molar-refractivity contribution is -0.385. The lowest BCUT2D eigenvalue weighted by Gasteiger charge is -2.11. The van der Waals surface area contributed by atoms with Gasteiger partial charge in [-0.2, -0.15) is 5.10 Å². The highest BCUT2D eigenvalue weighted by atomic mass is 16.6.